The van der Waals surface area contributed by atoms with Crippen molar-refractivity contribution in [3.8, 4) is 5.69 Å². The second kappa shape index (κ2) is 6.73. The first kappa shape index (κ1) is 16.5. The summed E-state index contributed by atoms with van der Waals surface area (Å²) in [6.07, 6.45) is 5.63. The van der Waals surface area contributed by atoms with Gasteiger partial charge in [-0.3, -0.25) is 4.68 Å². The molecule has 0 amide bonds. The Labute approximate surface area is 153 Å². The third-order valence-electron chi connectivity index (χ3n) is 3.77. The molecule has 3 N–H and O–H groups in total. The van der Waals surface area contributed by atoms with Crippen LogP contribution in [-0.4, -0.2) is 46.9 Å². The molecule has 0 aliphatic rings. The highest BCUT2D eigenvalue weighted by Crippen LogP contribution is 2.28. The molecule has 4 aromatic heterocycles. The Balaban J connectivity index is 1.79. The van der Waals surface area contributed by atoms with Crippen molar-refractivity contribution >= 4 is 39.3 Å². The number of hydrogen-bond donors (Lipinski definition) is 3. The fraction of sp³-hybridized carbons (Fsp3) is 0.250. The van der Waals surface area contributed by atoms with Gasteiger partial charge in [0.2, 0.25) is 5.95 Å². The summed E-state index contributed by atoms with van der Waals surface area (Å²) in [5, 5.41) is 20.7. The minimum Gasteiger partial charge on any atom is -0.395 e. The van der Waals surface area contributed by atoms with Crippen LogP contribution in [0, 0.1) is 6.92 Å². The lowest BCUT2D eigenvalue weighted by Gasteiger charge is -2.11. The molecule has 0 saturated carbocycles. The molecule has 0 radical (unpaired) electrons. The van der Waals surface area contributed by atoms with Crippen LogP contribution < -0.4 is 10.6 Å². The van der Waals surface area contributed by atoms with Crippen molar-refractivity contribution in [3.63, 3.8) is 0 Å². The number of fused-ring (bicyclic) bond motifs is 1. The minimum absolute atomic E-state index is 0.00982. The molecule has 9 nitrogen and oxygen atoms in total. The van der Waals surface area contributed by atoms with Crippen LogP contribution in [-0.2, 0) is 7.05 Å². The molecule has 0 aliphatic carbocycles. The molecule has 0 aromatic carbocycles. The second-order valence-electron chi connectivity index (χ2n) is 5.80. The highest BCUT2D eigenvalue weighted by atomic mass is 32.1. The van der Waals surface area contributed by atoms with Gasteiger partial charge in [-0.05, 0) is 30.6 Å². The fourth-order valence-electron chi connectivity index (χ4n) is 2.68. The van der Waals surface area contributed by atoms with E-state index in [0.717, 1.165) is 27.4 Å². The number of aliphatic hydroxyl groups is 1. The van der Waals surface area contributed by atoms with Crippen LogP contribution in [0.5, 0.6) is 0 Å². The van der Waals surface area contributed by atoms with E-state index in [0.29, 0.717) is 18.3 Å². The van der Waals surface area contributed by atoms with Gasteiger partial charge in [0.25, 0.3) is 0 Å². The van der Waals surface area contributed by atoms with E-state index < -0.39 is 0 Å². The molecule has 134 valence electrons. The van der Waals surface area contributed by atoms with Gasteiger partial charge in [-0.1, -0.05) is 0 Å². The molecule has 4 heterocycles. The van der Waals surface area contributed by atoms with Crippen molar-refractivity contribution in [1.29, 1.82) is 0 Å². The molecule has 0 unspecified atom stereocenters. The predicted molar refractivity (Wildman–Crippen MR) is 101 cm³/mol. The SMILES string of the molecule is Cc1cc(Nc2nc(NCCO)c3c(ccn3-c3cnn(C)c3)n2)sn1. The Kier molecular flexibility index (Phi) is 4.27. The Bertz CT molecular complexity index is 1050. The van der Waals surface area contributed by atoms with Gasteiger partial charge in [-0.25, -0.2) is 4.98 Å². The quantitative estimate of drug-likeness (QED) is 0.477. The van der Waals surface area contributed by atoms with Crippen molar-refractivity contribution in [3.05, 3.63) is 36.4 Å². The second-order valence-corrected chi connectivity index (χ2v) is 6.60. The smallest absolute Gasteiger partial charge is 0.230 e. The zero-order valence-corrected chi connectivity index (χ0v) is 15.2. The van der Waals surface area contributed by atoms with Crippen LogP contribution in [0.3, 0.4) is 0 Å². The number of nitrogens with one attached hydrogen (secondary N) is 2. The van der Waals surface area contributed by atoms with Gasteiger partial charge in [0, 0.05) is 26.0 Å². The third-order valence-corrected chi connectivity index (χ3v) is 4.57. The fourth-order valence-corrected chi connectivity index (χ4v) is 3.33. The number of rotatable bonds is 6. The van der Waals surface area contributed by atoms with E-state index in [9.17, 15) is 5.11 Å². The Morgan fingerprint density at radius 2 is 2.19 bits per heavy atom. The van der Waals surface area contributed by atoms with E-state index in [4.69, 9.17) is 0 Å². The van der Waals surface area contributed by atoms with E-state index in [-0.39, 0.29) is 6.61 Å². The number of aliphatic hydroxyl groups excluding tert-OH is 1. The Hall–Kier alpha value is -2.98. The van der Waals surface area contributed by atoms with Gasteiger partial charge < -0.3 is 20.3 Å². The van der Waals surface area contributed by atoms with E-state index in [1.807, 2.05) is 43.1 Å². The van der Waals surface area contributed by atoms with E-state index in [1.54, 1.807) is 10.9 Å². The lowest BCUT2D eigenvalue weighted by Crippen LogP contribution is -2.10. The number of aryl methyl sites for hydroxylation is 2. The molecular weight excluding hydrogens is 352 g/mol. The van der Waals surface area contributed by atoms with Gasteiger partial charge in [-0.2, -0.15) is 14.5 Å². The zero-order chi connectivity index (χ0) is 18.1. The first-order valence-electron chi connectivity index (χ1n) is 8.07. The maximum absolute atomic E-state index is 9.20. The maximum Gasteiger partial charge on any atom is 0.230 e. The largest absolute Gasteiger partial charge is 0.395 e. The van der Waals surface area contributed by atoms with Crippen molar-refractivity contribution < 1.29 is 5.11 Å². The van der Waals surface area contributed by atoms with Gasteiger partial charge in [0.15, 0.2) is 5.82 Å². The Morgan fingerprint density at radius 1 is 1.31 bits per heavy atom. The highest BCUT2D eigenvalue weighted by Gasteiger charge is 2.14. The molecule has 4 rings (SSSR count). The van der Waals surface area contributed by atoms with Crippen molar-refractivity contribution in [2.75, 3.05) is 23.8 Å². The van der Waals surface area contributed by atoms with E-state index in [1.165, 1.54) is 11.5 Å². The molecule has 0 bridgehead atoms. The normalized spacial score (nSPS) is 11.2. The first-order valence-corrected chi connectivity index (χ1v) is 8.84. The van der Waals surface area contributed by atoms with Gasteiger partial charge in [0.1, 0.15) is 10.5 Å². The topological polar surface area (TPSA) is 106 Å². The molecule has 26 heavy (non-hydrogen) atoms. The Morgan fingerprint density at radius 3 is 2.88 bits per heavy atom. The number of anilines is 3. The lowest BCUT2D eigenvalue weighted by atomic mass is 10.4. The average molecular weight is 370 g/mol. The van der Waals surface area contributed by atoms with Crippen LogP contribution in [0.25, 0.3) is 16.7 Å². The molecule has 0 saturated heterocycles. The summed E-state index contributed by atoms with van der Waals surface area (Å²) in [7, 11) is 1.87. The monoisotopic (exact) mass is 370 g/mol. The summed E-state index contributed by atoms with van der Waals surface area (Å²) in [4.78, 5) is 9.20. The van der Waals surface area contributed by atoms with Crippen molar-refractivity contribution in [2.45, 2.75) is 6.92 Å². The van der Waals surface area contributed by atoms with Crippen LogP contribution in [0.15, 0.2) is 30.7 Å². The molecule has 10 heteroatoms. The van der Waals surface area contributed by atoms with Gasteiger partial charge in [0.05, 0.1) is 29.7 Å². The van der Waals surface area contributed by atoms with Crippen molar-refractivity contribution in [2.24, 2.45) is 7.05 Å². The lowest BCUT2D eigenvalue weighted by molar-refractivity contribution is 0.311. The summed E-state index contributed by atoms with van der Waals surface area (Å²) >= 11 is 1.36. The number of aromatic nitrogens is 6. The standard InChI is InChI=1S/C16H18N8OS/c1-10-7-13(26-22-10)20-16-19-12-3-5-24(11-8-18-23(2)9-11)14(12)15(21-16)17-4-6-25/h3,5,7-9,25H,4,6H2,1-2H3,(H2,17,19,20,21). The van der Waals surface area contributed by atoms with Gasteiger partial charge >= 0.3 is 0 Å². The summed E-state index contributed by atoms with van der Waals surface area (Å²) in [5.41, 5.74) is 3.47. The first-order chi connectivity index (χ1) is 12.6. The van der Waals surface area contributed by atoms with Crippen LogP contribution in [0.2, 0.25) is 0 Å². The van der Waals surface area contributed by atoms with Crippen LogP contribution in [0.1, 0.15) is 5.69 Å². The zero-order valence-electron chi connectivity index (χ0n) is 14.3. The van der Waals surface area contributed by atoms with Gasteiger partial charge in [-0.15, -0.1) is 0 Å². The average Bonchev–Trinajstić information content (AvgIpc) is 3.33. The molecule has 0 fully saturated rings. The van der Waals surface area contributed by atoms with Crippen LogP contribution in [0.4, 0.5) is 16.8 Å². The molecule has 0 atom stereocenters. The third kappa shape index (κ3) is 3.11. The van der Waals surface area contributed by atoms with Crippen molar-refractivity contribution in [1.82, 2.24) is 28.7 Å². The summed E-state index contributed by atoms with van der Waals surface area (Å²) in [6.45, 7) is 2.34. The predicted octanol–water partition coefficient (Wildman–Crippen LogP) is 2.07. The summed E-state index contributed by atoms with van der Waals surface area (Å²) in [5.74, 6) is 1.12. The van der Waals surface area contributed by atoms with E-state index in [2.05, 4.69) is 30.1 Å². The molecule has 4 aromatic rings. The molecular formula is C16H18N8OS. The highest BCUT2D eigenvalue weighted by molar-refractivity contribution is 7.10. The number of nitrogens with zero attached hydrogens (tertiary/aromatic N) is 6. The van der Waals surface area contributed by atoms with Crippen LogP contribution >= 0.6 is 11.5 Å². The number of hydrogen-bond acceptors (Lipinski definition) is 8. The van der Waals surface area contributed by atoms with E-state index >= 15 is 0 Å². The minimum atomic E-state index is 0.00982. The summed E-state index contributed by atoms with van der Waals surface area (Å²) in [6, 6.07) is 3.87. The maximum atomic E-state index is 9.20. The summed E-state index contributed by atoms with van der Waals surface area (Å²) < 4.78 is 7.97. The molecule has 0 spiro atoms. The molecule has 0 aliphatic heterocycles.